The number of carbonyl (C=O) groups excluding carboxylic acids is 2. The summed E-state index contributed by atoms with van der Waals surface area (Å²) in [6, 6.07) is 0. The molecule has 1 N–H and O–H groups in total. The van der Waals surface area contributed by atoms with E-state index in [4.69, 9.17) is 16.3 Å². The van der Waals surface area contributed by atoms with Crippen LogP contribution in [0.2, 0.25) is 0 Å². The van der Waals surface area contributed by atoms with E-state index >= 15 is 0 Å². The molecule has 0 aromatic heterocycles. The second-order valence-corrected chi connectivity index (χ2v) is 4.77. The molecule has 0 aromatic carbocycles. The molecule has 0 bridgehead atoms. The average Bonchev–Trinajstić information content (AvgIpc) is 2.43. The first-order chi connectivity index (χ1) is 8.60. The van der Waals surface area contributed by atoms with Crippen LogP contribution in [0.1, 0.15) is 13.3 Å². The number of amides is 1. The lowest BCUT2D eigenvalue weighted by atomic mass is 10.2. The van der Waals surface area contributed by atoms with Crippen molar-refractivity contribution in [3.05, 3.63) is 34.2 Å². The molecule has 0 spiro atoms. The Labute approximate surface area is 115 Å². The van der Waals surface area contributed by atoms with Crippen LogP contribution in [0.25, 0.3) is 0 Å². The maximum Gasteiger partial charge on any atom is 0.308 e. The zero-order valence-corrected chi connectivity index (χ0v) is 11.7. The standard InChI is InChI=1S/C12H14ClNO3S/c1-8(16)17-11-5-3-4-10(13)12(14-7-15)9(11)6-18-2/h4-5,7H,3,6H2,1-2H3,(H,14,15). The zero-order valence-electron chi connectivity index (χ0n) is 10.2. The van der Waals surface area contributed by atoms with Crippen LogP contribution in [0.4, 0.5) is 0 Å². The lowest BCUT2D eigenvalue weighted by Gasteiger charge is -2.14. The molecule has 18 heavy (non-hydrogen) atoms. The minimum Gasteiger partial charge on any atom is -0.427 e. The Morgan fingerprint density at radius 2 is 2.33 bits per heavy atom. The number of rotatable bonds is 5. The van der Waals surface area contributed by atoms with Crippen LogP contribution < -0.4 is 5.32 Å². The smallest absolute Gasteiger partial charge is 0.308 e. The van der Waals surface area contributed by atoms with Crippen molar-refractivity contribution >= 4 is 35.7 Å². The first-order valence-electron chi connectivity index (χ1n) is 5.27. The van der Waals surface area contributed by atoms with E-state index < -0.39 is 5.97 Å². The first kappa shape index (κ1) is 14.9. The molecule has 98 valence electrons. The summed E-state index contributed by atoms with van der Waals surface area (Å²) in [5.41, 5.74) is 1.20. The van der Waals surface area contributed by atoms with Crippen molar-refractivity contribution in [1.82, 2.24) is 5.32 Å². The first-order valence-corrected chi connectivity index (χ1v) is 7.04. The monoisotopic (exact) mass is 287 g/mol. The number of carbonyl (C=O) groups is 2. The fourth-order valence-electron chi connectivity index (χ4n) is 1.52. The van der Waals surface area contributed by atoms with Gasteiger partial charge < -0.3 is 10.1 Å². The third kappa shape index (κ3) is 3.92. The Balaban J connectivity index is 3.20. The van der Waals surface area contributed by atoms with Crippen molar-refractivity contribution in [2.24, 2.45) is 0 Å². The predicted molar refractivity (Wildman–Crippen MR) is 73.0 cm³/mol. The van der Waals surface area contributed by atoms with Crippen LogP contribution >= 0.6 is 23.4 Å². The Morgan fingerprint density at radius 1 is 1.61 bits per heavy atom. The normalized spacial score (nSPS) is 15.5. The van der Waals surface area contributed by atoms with Gasteiger partial charge in [0.05, 0.1) is 10.7 Å². The number of hydrogen-bond acceptors (Lipinski definition) is 4. The molecule has 1 aliphatic rings. The number of esters is 1. The molecule has 0 radical (unpaired) electrons. The van der Waals surface area contributed by atoms with Gasteiger partial charge in [-0.3, -0.25) is 9.59 Å². The van der Waals surface area contributed by atoms with Gasteiger partial charge in [-0.2, -0.15) is 11.8 Å². The fourth-order valence-corrected chi connectivity index (χ4v) is 2.36. The molecule has 0 aromatic rings. The lowest BCUT2D eigenvalue weighted by Crippen LogP contribution is -2.16. The van der Waals surface area contributed by atoms with Gasteiger partial charge in [-0.05, 0) is 18.8 Å². The van der Waals surface area contributed by atoms with Crippen LogP contribution in [0.15, 0.2) is 34.2 Å². The van der Waals surface area contributed by atoms with Gasteiger partial charge in [0.25, 0.3) is 0 Å². The summed E-state index contributed by atoms with van der Waals surface area (Å²) in [5.74, 6) is 0.635. The molecule has 0 fully saturated rings. The van der Waals surface area contributed by atoms with Gasteiger partial charge in [-0.1, -0.05) is 17.7 Å². The van der Waals surface area contributed by atoms with Crippen LogP contribution in [-0.4, -0.2) is 24.4 Å². The molecule has 1 rings (SSSR count). The summed E-state index contributed by atoms with van der Waals surface area (Å²) in [6.07, 6.45) is 6.55. The van der Waals surface area contributed by atoms with Crippen molar-refractivity contribution in [2.75, 3.05) is 12.0 Å². The van der Waals surface area contributed by atoms with Crippen molar-refractivity contribution in [1.29, 1.82) is 0 Å². The summed E-state index contributed by atoms with van der Waals surface area (Å²) in [4.78, 5) is 21.7. The van der Waals surface area contributed by atoms with E-state index in [-0.39, 0.29) is 0 Å². The molecule has 1 aliphatic carbocycles. The van der Waals surface area contributed by atoms with E-state index in [1.807, 2.05) is 6.26 Å². The molecular formula is C12H14ClNO3S. The molecule has 0 unspecified atom stereocenters. The van der Waals surface area contributed by atoms with Crippen molar-refractivity contribution in [2.45, 2.75) is 13.3 Å². The Bertz CT molecular complexity index is 441. The number of thioether (sulfide) groups is 1. The van der Waals surface area contributed by atoms with Gasteiger partial charge in [0, 0.05) is 18.2 Å². The van der Waals surface area contributed by atoms with E-state index in [2.05, 4.69) is 5.32 Å². The molecular weight excluding hydrogens is 274 g/mol. The van der Waals surface area contributed by atoms with E-state index in [1.165, 1.54) is 6.92 Å². The van der Waals surface area contributed by atoms with Crippen molar-refractivity contribution in [3.63, 3.8) is 0 Å². The van der Waals surface area contributed by atoms with E-state index in [9.17, 15) is 9.59 Å². The quantitative estimate of drug-likeness (QED) is 0.623. The summed E-state index contributed by atoms with van der Waals surface area (Å²) < 4.78 is 5.16. The highest BCUT2D eigenvalue weighted by atomic mass is 35.5. The van der Waals surface area contributed by atoms with Crippen LogP contribution in [0.5, 0.6) is 0 Å². The van der Waals surface area contributed by atoms with E-state index in [1.54, 1.807) is 23.9 Å². The maximum atomic E-state index is 11.1. The van der Waals surface area contributed by atoms with Gasteiger partial charge in [-0.25, -0.2) is 0 Å². The van der Waals surface area contributed by atoms with Gasteiger partial charge in [0.1, 0.15) is 5.76 Å². The van der Waals surface area contributed by atoms with Crippen LogP contribution in [0, 0.1) is 0 Å². The average molecular weight is 288 g/mol. The molecule has 1 amide bonds. The molecule has 0 atom stereocenters. The number of allylic oxidation sites excluding steroid dienone is 4. The molecule has 4 nitrogen and oxygen atoms in total. The van der Waals surface area contributed by atoms with Crippen LogP contribution in [0.3, 0.4) is 0 Å². The molecule has 6 heteroatoms. The predicted octanol–water partition coefficient (Wildman–Crippen LogP) is 2.32. The zero-order chi connectivity index (χ0) is 13.5. The third-order valence-electron chi connectivity index (χ3n) is 2.18. The molecule has 0 aliphatic heterocycles. The summed E-state index contributed by atoms with van der Waals surface area (Å²) in [7, 11) is 0. The SMILES string of the molecule is CSCC1=C(NC=O)C(Cl)=CCC=C1OC(C)=O. The molecule has 0 saturated heterocycles. The number of ether oxygens (including phenoxy) is 1. The van der Waals surface area contributed by atoms with Gasteiger partial charge >= 0.3 is 5.97 Å². The Morgan fingerprint density at radius 3 is 2.89 bits per heavy atom. The largest absolute Gasteiger partial charge is 0.427 e. The summed E-state index contributed by atoms with van der Waals surface area (Å²) >= 11 is 7.65. The van der Waals surface area contributed by atoms with E-state index in [0.29, 0.717) is 40.6 Å². The summed E-state index contributed by atoms with van der Waals surface area (Å²) in [6.45, 7) is 1.34. The minimum atomic E-state index is -0.400. The van der Waals surface area contributed by atoms with Crippen molar-refractivity contribution < 1.29 is 14.3 Å². The second kappa shape index (κ2) is 7.28. The Hall–Kier alpha value is -1.20. The highest BCUT2D eigenvalue weighted by molar-refractivity contribution is 7.98. The fraction of sp³-hybridized carbons (Fsp3) is 0.333. The molecule has 0 saturated carbocycles. The second-order valence-electron chi connectivity index (χ2n) is 3.50. The molecule has 0 heterocycles. The number of halogens is 1. The van der Waals surface area contributed by atoms with E-state index in [0.717, 1.165) is 0 Å². The lowest BCUT2D eigenvalue weighted by molar-refractivity contribution is -0.136. The Kier molecular flexibility index (Phi) is 6.01. The van der Waals surface area contributed by atoms with Crippen molar-refractivity contribution in [3.8, 4) is 0 Å². The highest BCUT2D eigenvalue weighted by Crippen LogP contribution is 2.28. The van der Waals surface area contributed by atoms with Gasteiger partial charge in [0.15, 0.2) is 0 Å². The van der Waals surface area contributed by atoms with Gasteiger partial charge in [0.2, 0.25) is 6.41 Å². The number of hydrogen-bond donors (Lipinski definition) is 1. The summed E-state index contributed by atoms with van der Waals surface area (Å²) in [5, 5.41) is 3.01. The third-order valence-corrected chi connectivity index (χ3v) is 3.10. The maximum absolute atomic E-state index is 11.1. The van der Waals surface area contributed by atoms with Gasteiger partial charge in [-0.15, -0.1) is 0 Å². The minimum absolute atomic E-state index is 0.400. The number of nitrogens with one attached hydrogen (secondary N) is 1. The topological polar surface area (TPSA) is 55.4 Å². The van der Waals surface area contributed by atoms with Crippen LogP contribution in [-0.2, 0) is 14.3 Å². The highest BCUT2D eigenvalue weighted by Gasteiger charge is 2.18.